The van der Waals surface area contributed by atoms with Crippen molar-refractivity contribution in [2.45, 2.75) is 11.8 Å². The Bertz CT molecular complexity index is 1400. The van der Waals surface area contributed by atoms with Gasteiger partial charge in [0.05, 0.1) is 0 Å². The molecule has 0 N–H and O–H groups in total. The maximum Gasteiger partial charge on any atom is 0.150 e. The summed E-state index contributed by atoms with van der Waals surface area (Å²) in [7, 11) is 0. The van der Waals surface area contributed by atoms with Gasteiger partial charge in [-0.1, -0.05) is 97.1 Å². The van der Waals surface area contributed by atoms with Crippen LogP contribution in [-0.4, -0.2) is 25.1 Å². The van der Waals surface area contributed by atoms with E-state index in [9.17, 15) is 19.2 Å². The normalized spacial score (nSPS) is 12.7. The van der Waals surface area contributed by atoms with Crippen LogP contribution in [0.25, 0.3) is 12.2 Å². The van der Waals surface area contributed by atoms with Crippen LogP contribution in [0.3, 0.4) is 0 Å². The van der Waals surface area contributed by atoms with Gasteiger partial charge in [0.1, 0.15) is 25.1 Å². The molecule has 0 spiro atoms. The Balaban J connectivity index is 1.86. The summed E-state index contributed by atoms with van der Waals surface area (Å²) < 4.78 is 0. The number of aldehydes is 4. The molecule has 0 saturated heterocycles. The van der Waals surface area contributed by atoms with Gasteiger partial charge < -0.3 is 0 Å². The first kappa shape index (κ1) is 26.1. The first-order valence-corrected chi connectivity index (χ1v) is 12.2. The maximum absolute atomic E-state index is 11.6. The van der Waals surface area contributed by atoms with Crippen molar-refractivity contribution in [1.29, 1.82) is 0 Å². The molecule has 4 aromatic carbocycles. The number of hydrogen-bond acceptors (Lipinski definition) is 4. The first-order chi connectivity index (χ1) is 18.6. The Morgan fingerprint density at radius 3 is 1.08 bits per heavy atom. The van der Waals surface area contributed by atoms with Gasteiger partial charge in [-0.3, -0.25) is 19.2 Å². The van der Waals surface area contributed by atoms with Crippen molar-refractivity contribution in [2.24, 2.45) is 0 Å². The largest absolute Gasteiger partial charge is 0.298 e. The van der Waals surface area contributed by atoms with Crippen LogP contribution >= 0.6 is 0 Å². The molecule has 0 fully saturated rings. The smallest absolute Gasteiger partial charge is 0.150 e. The molecule has 0 aromatic heterocycles. The third-order valence-corrected chi connectivity index (χ3v) is 6.34. The predicted molar refractivity (Wildman–Crippen MR) is 151 cm³/mol. The van der Waals surface area contributed by atoms with Crippen molar-refractivity contribution in [3.63, 3.8) is 0 Å². The van der Waals surface area contributed by atoms with E-state index >= 15 is 0 Å². The van der Waals surface area contributed by atoms with E-state index in [4.69, 9.17) is 0 Å². The Kier molecular flexibility index (Phi) is 8.82. The number of rotatable bonds is 11. The zero-order valence-corrected chi connectivity index (χ0v) is 20.6. The summed E-state index contributed by atoms with van der Waals surface area (Å²) in [5.41, 5.74) is 5.87. The van der Waals surface area contributed by atoms with Crippen LogP contribution in [0.5, 0.6) is 0 Å². The van der Waals surface area contributed by atoms with Gasteiger partial charge in [0.25, 0.3) is 0 Å². The Labute approximate surface area is 222 Å². The van der Waals surface area contributed by atoms with Gasteiger partial charge in [0.2, 0.25) is 0 Å². The summed E-state index contributed by atoms with van der Waals surface area (Å²) in [6.07, 6.45) is 11.3. The number of carbonyl (C=O) groups is 4. The molecule has 4 nitrogen and oxygen atoms in total. The molecule has 0 amide bonds. The van der Waals surface area contributed by atoms with Gasteiger partial charge in [0.15, 0.2) is 0 Å². The molecule has 0 unspecified atom stereocenters. The van der Waals surface area contributed by atoms with Crippen LogP contribution in [0.1, 0.15) is 75.5 Å². The van der Waals surface area contributed by atoms with E-state index in [0.29, 0.717) is 22.3 Å². The van der Waals surface area contributed by atoms with Gasteiger partial charge in [-0.2, -0.15) is 0 Å². The fourth-order valence-electron chi connectivity index (χ4n) is 4.46. The predicted octanol–water partition coefficient (Wildman–Crippen LogP) is 7.23. The van der Waals surface area contributed by atoms with Crippen molar-refractivity contribution >= 4 is 37.3 Å². The molecule has 186 valence electrons. The second kappa shape index (κ2) is 12.8. The molecule has 38 heavy (non-hydrogen) atoms. The van der Waals surface area contributed by atoms with Crippen molar-refractivity contribution in [2.75, 3.05) is 0 Å². The maximum atomic E-state index is 11.6. The van der Waals surface area contributed by atoms with E-state index in [1.165, 1.54) is 0 Å². The lowest BCUT2D eigenvalue weighted by molar-refractivity contribution is 0.111. The molecular formula is C34H26O4. The van der Waals surface area contributed by atoms with Gasteiger partial charge in [-0.15, -0.1) is 0 Å². The highest BCUT2D eigenvalue weighted by Crippen LogP contribution is 2.37. The van der Waals surface area contributed by atoms with Crippen molar-refractivity contribution < 1.29 is 19.2 Å². The Morgan fingerprint density at radius 1 is 0.395 bits per heavy atom. The summed E-state index contributed by atoms with van der Waals surface area (Å²) in [5.74, 6) is -0.440. The van der Waals surface area contributed by atoms with Crippen LogP contribution < -0.4 is 0 Å². The lowest BCUT2D eigenvalue weighted by Crippen LogP contribution is -2.09. The molecule has 0 heterocycles. The monoisotopic (exact) mass is 498 g/mol. The van der Waals surface area contributed by atoms with E-state index in [0.717, 1.165) is 47.4 Å². The summed E-state index contributed by atoms with van der Waals surface area (Å²) in [4.78, 5) is 45.8. The minimum Gasteiger partial charge on any atom is -0.298 e. The minimum atomic E-state index is -0.220. The van der Waals surface area contributed by atoms with Crippen molar-refractivity contribution in [1.82, 2.24) is 0 Å². The van der Waals surface area contributed by atoms with Gasteiger partial charge in [0, 0.05) is 34.1 Å². The lowest BCUT2D eigenvalue weighted by atomic mass is 9.79. The summed E-state index contributed by atoms with van der Waals surface area (Å²) in [6.45, 7) is 0. The third kappa shape index (κ3) is 6.62. The van der Waals surface area contributed by atoms with Crippen LogP contribution in [0.4, 0.5) is 0 Å². The minimum absolute atomic E-state index is 0.220. The van der Waals surface area contributed by atoms with Crippen molar-refractivity contribution in [3.8, 4) is 0 Å². The Hall–Kier alpha value is -4.96. The van der Waals surface area contributed by atoms with E-state index in [1.54, 1.807) is 24.3 Å². The number of hydrogen-bond donors (Lipinski definition) is 0. The number of allylic oxidation sites excluding steroid dienone is 2. The summed E-state index contributed by atoms with van der Waals surface area (Å²) in [5, 5.41) is 0. The zero-order chi connectivity index (χ0) is 26.7. The highest BCUT2D eigenvalue weighted by molar-refractivity contribution is 5.78. The highest BCUT2D eigenvalue weighted by atomic mass is 16.1. The molecule has 0 aliphatic heterocycles. The summed E-state index contributed by atoms with van der Waals surface area (Å²) in [6, 6.07) is 29.5. The molecular weight excluding hydrogens is 472 g/mol. The number of carbonyl (C=O) groups excluding carboxylic acids is 4. The van der Waals surface area contributed by atoms with Crippen LogP contribution in [0.2, 0.25) is 0 Å². The average Bonchev–Trinajstić information content (AvgIpc) is 2.99. The molecule has 4 aromatic rings. The van der Waals surface area contributed by atoms with E-state index in [1.807, 2.05) is 84.9 Å². The number of benzene rings is 4. The second-order valence-electron chi connectivity index (χ2n) is 8.92. The second-order valence-corrected chi connectivity index (χ2v) is 8.92. The topological polar surface area (TPSA) is 68.3 Å². The standard InChI is InChI=1S/C34H26O4/c35-21-27-7-1-5-25(17-27)13-15-33(31-11-3-9-29(19-31)23-37)34(32-12-4-10-30(20-32)24-38)16-14-26-6-2-8-28(18-26)22-36/h1-24,33-34H/b15-13+,16-14+/t33-,34-/m1/s1. The highest BCUT2D eigenvalue weighted by Gasteiger charge is 2.21. The Morgan fingerprint density at radius 2 is 0.711 bits per heavy atom. The quantitative estimate of drug-likeness (QED) is 0.205. The van der Waals surface area contributed by atoms with Gasteiger partial charge >= 0.3 is 0 Å². The molecule has 4 heteroatoms. The first-order valence-electron chi connectivity index (χ1n) is 12.2. The fraction of sp³-hybridized carbons (Fsp3) is 0.0588. The fourth-order valence-corrected chi connectivity index (χ4v) is 4.46. The molecule has 0 aliphatic carbocycles. The lowest BCUT2D eigenvalue weighted by Gasteiger charge is -2.24. The molecule has 0 saturated carbocycles. The average molecular weight is 499 g/mol. The van der Waals surface area contributed by atoms with Crippen molar-refractivity contribution in [3.05, 3.63) is 154 Å². The van der Waals surface area contributed by atoms with Crippen LogP contribution in [-0.2, 0) is 0 Å². The molecule has 2 atom stereocenters. The van der Waals surface area contributed by atoms with Crippen LogP contribution in [0, 0.1) is 0 Å². The van der Waals surface area contributed by atoms with Gasteiger partial charge in [-0.25, -0.2) is 0 Å². The van der Waals surface area contributed by atoms with E-state index < -0.39 is 0 Å². The molecule has 0 aliphatic rings. The molecule has 4 rings (SSSR count). The van der Waals surface area contributed by atoms with E-state index in [2.05, 4.69) is 12.2 Å². The van der Waals surface area contributed by atoms with Crippen LogP contribution in [0.15, 0.2) is 109 Å². The SMILES string of the molecule is O=Cc1cccc(/C=C/[C@H](c2cccc(C=O)c2)[C@H](/C=C/c2cccc(C=O)c2)c2cccc(C=O)c2)c1. The zero-order valence-electron chi connectivity index (χ0n) is 20.6. The van der Waals surface area contributed by atoms with E-state index in [-0.39, 0.29) is 11.8 Å². The van der Waals surface area contributed by atoms with Gasteiger partial charge in [-0.05, 0) is 46.5 Å². The molecule has 0 bridgehead atoms. The summed E-state index contributed by atoms with van der Waals surface area (Å²) >= 11 is 0. The molecule has 0 radical (unpaired) electrons. The third-order valence-electron chi connectivity index (χ3n) is 6.34.